The number of aryl methyl sites for hydroxylation is 1. The summed E-state index contributed by atoms with van der Waals surface area (Å²) in [5.41, 5.74) is 9.40. The van der Waals surface area contributed by atoms with Gasteiger partial charge in [-0.05, 0) is 47.9 Å². The van der Waals surface area contributed by atoms with Crippen LogP contribution in [0.3, 0.4) is 0 Å². The van der Waals surface area contributed by atoms with Crippen molar-refractivity contribution in [1.82, 2.24) is 0 Å². The molecule has 1 fully saturated rings. The number of nitrogens with two attached hydrogens (primary N) is 1. The van der Waals surface area contributed by atoms with E-state index >= 15 is 0 Å². The predicted octanol–water partition coefficient (Wildman–Crippen LogP) is 3.94. The minimum atomic E-state index is -0.161. The van der Waals surface area contributed by atoms with E-state index in [-0.39, 0.29) is 11.9 Å². The normalized spacial score (nSPS) is 23.1. The summed E-state index contributed by atoms with van der Waals surface area (Å²) < 4.78 is 13.3. The monoisotopic (exact) mass is 255 g/mol. The molecular formula is C17H18FN. The molecule has 1 aliphatic rings. The highest BCUT2D eigenvalue weighted by atomic mass is 19.1. The lowest BCUT2D eigenvalue weighted by Gasteiger charge is -2.13. The number of hydrogen-bond donors (Lipinski definition) is 1. The Morgan fingerprint density at radius 1 is 1.16 bits per heavy atom. The number of rotatable bonds is 3. The van der Waals surface area contributed by atoms with Crippen LogP contribution in [0.15, 0.2) is 48.5 Å². The highest BCUT2D eigenvalue weighted by molar-refractivity contribution is 5.32. The van der Waals surface area contributed by atoms with E-state index in [1.807, 2.05) is 18.2 Å². The largest absolute Gasteiger partial charge is 0.324 e. The maximum absolute atomic E-state index is 13.3. The molecule has 0 saturated heterocycles. The van der Waals surface area contributed by atoms with E-state index in [0.717, 1.165) is 12.0 Å². The van der Waals surface area contributed by atoms with Crippen LogP contribution in [-0.4, -0.2) is 0 Å². The van der Waals surface area contributed by atoms with Crippen LogP contribution in [0.2, 0.25) is 0 Å². The second kappa shape index (κ2) is 4.78. The SMILES string of the molecule is Cc1cc(C(N)C2CC2c2ccccc2)ccc1F. The van der Waals surface area contributed by atoms with E-state index in [2.05, 4.69) is 24.3 Å². The molecule has 0 heterocycles. The average Bonchev–Trinajstić information content (AvgIpc) is 3.22. The highest BCUT2D eigenvalue weighted by Crippen LogP contribution is 2.53. The molecule has 1 saturated carbocycles. The Bertz CT molecular complexity index is 579. The lowest BCUT2D eigenvalue weighted by molar-refractivity contribution is 0.598. The van der Waals surface area contributed by atoms with Crippen molar-refractivity contribution in [2.24, 2.45) is 11.7 Å². The lowest BCUT2D eigenvalue weighted by Crippen LogP contribution is -2.13. The van der Waals surface area contributed by atoms with E-state index < -0.39 is 0 Å². The highest BCUT2D eigenvalue weighted by Gasteiger charge is 2.42. The molecule has 0 amide bonds. The van der Waals surface area contributed by atoms with Gasteiger partial charge in [-0.25, -0.2) is 4.39 Å². The van der Waals surface area contributed by atoms with Crippen molar-refractivity contribution in [3.63, 3.8) is 0 Å². The van der Waals surface area contributed by atoms with E-state index in [1.54, 1.807) is 6.92 Å². The Morgan fingerprint density at radius 2 is 1.89 bits per heavy atom. The molecule has 98 valence electrons. The minimum Gasteiger partial charge on any atom is -0.324 e. The third-order valence-electron chi connectivity index (χ3n) is 4.10. The Kier molecular flexibility index (Phi) is 3.11. The van der Waals surface area contributed by atoms with Crippen molar-refractivity contribution in [3.8, 4) is 0 Å². The maximum atomic E-state index is 13.3. The van der Waals surface area contributed by atoms with Crippen LogP contribution in [0.5, 0.6) is 0 Å². The summed E-state index contributed by atoms with van der Waals surface area (Å²) in [6.07, 6.45) is 1.13. The summed E-state index contributed by atoms with van der Waals surface area (Å²) in [6.45, 7) is 1.78. The Morgan fingerprint density at radius 3 is 2.58 bits per heavy atom. The molecule has 2 aromatic carbocycles. The van der Waals surface area contributed by atoms with Gasteiger partial charge < -0.3 is 5.73 Å². The molecule has 2 heteroatoms. The van der Waals surface area contributed by atoms with Gasteiger partial charge in [-0.1, -0.05) is 42.5 Å². The standard InChI is InChI=1S/C17H18FN/c1-11-9-13(7-8-16(11)18)17(19)15-10-14(15)12-5-3-2-4-6-12/h2-9,14-15,17H,10,19H2,1H3. The van der Waals surface area contributed by atoms with E-state index in [1.165, 1.54) is 11.6 Å². The average molecular weight is 255 g/mol. The molecule has 2 N–H and O–H groups in total. The first-order chi connectivity index (χ1) is 9.16. The van der Waals surface area contributed by atoms with Crippen LogP contribution >= 0.6 is 0 Å². The molecular weight excluding hydrogens is 237 g/mol. The molecule has 0 aromatic heterocycles. The number of benzene rings is 2. The summed E-state index contributed by atoms with van der Waals surface area (Å²) in [4.78, 5) is 0. The molecule has 0 aliphatic heterocycles. The molecule has 3 unspecified atom stereocenters. The molecule has 0 spiro atoms. The fourth-order valence-corrected chi connectivity index (χ4v) is 2.82. The molecule has 3 atom stereocenters. The molecule has 0 bridgehead atoms. The van der Waals surface area contributed by atoms with Crippen LogP contribution in [0.1, 0.15) is 35.1 Å². The van der Waals surface area contributed by atoms with Gasteiger partial charge in [0.2, 0.25) is 0 Å². The van der Waals surface area contributed by atoms with Gasteiger partial charge in [0.1, 0.15) is 5.82 Å². The van der Waals surface area contributed by atoms with Crippen LogP contribution in [0, 0.1) is 18.7 Å². The third-order valence-corrected chi connectivity index (χ3v) is 4.10. The zero-order chi connectivity index (χ0) is 13.4. The van der Waals surface area contributed by atoms with Gasteiger partial charge >= 0.3 is 0 Å². The maximum Gasteiger partial charge on any atom is 0.126 e. The van der Waals surface area contributed by atoms with Crippen molar-refractivity contribution in [3.05, 3.63) is 71.0 Å². The van der Waals surface area contributed by atoms with Crippen LogP contribution in [0.25, 0.3) is 0 Å². The van der Waals surface area contributed by atoms with Gasteiger partial charge in [0.25, 0.3) is 0 Å². The van der Waals surface area contributed by atoms with Crippen LogP contribution < -0.4 is 5.73 Å². The van der Waals surface area contributed by atoms with Gasteiger partial charge in [-0.15, -0.1) is 0 Å². The van der Waals surface area contributed by atoms with Crippen LogP contribution in [0.4, 0.5) is 4.39 Å². The second-order valence-corrected chi connectivity index (χ2v) is 5.45. The summed E-state index contributed by atoms with van der Waals surface area (Å²) in [5, 5.41) is 0. The van der Waals surface area contributed by atoms with Gasteiger partial charge in [0.15, 0.2) is 0 Å². The first-order valence-corrected chi connectivity index (χ1v) is 6.73. The summed E-state index contributed by atoms with van der Waals surface area (Å²) in [7, 11) is 0. The molecule has 1 aliphatic carbocycles. The lowest BCUT2D eigenvalue weighted by atomic mass is 9.98. The molecule has 2 aromatic rings. The van der Waals surface area contributed by atoms with Crippen molar-refractivity contribution in [2.75, 3.05) is 0 Å². The quantitative estimate of drug-likeness (QED) is 0.883. The smallest absolute Gasteiger partial charge is 0.126 e. The second-order valence-electron chi connectivity index (χ2n) is 5.45. The van der Waals surface area contributed by atoms with Crippen LogP contribution in [-0.2, 0) is 0 Å². The summed E-state index contributed by atoms with van der Waals surface area (Å²) >= 11 is 0. The van der Waals surface area contributed by atoms with E-state index in [0.29, 0.717) is 17.4 Å². The van der Waals surface area contributed by atoms with E-state index in [4.69, 9.17) is 5.73 Å². The first-order valence-electron chi connectivity index (χ1n) is 6.73. The van der Waals surface area contributed by atoms with Gasteiger partial charge in [0.05, 0.1) is 0 Å². The van der Waals surface area contributed by atoms with Crippen molar-refractivity contribution in [1.29, 1.82) is 0 Å². The molecule has 3 rings (SSSR count). The molecule has 0 radical (unpaired) electrons. The Labute approximate surface area is 113 Å². The first kappa shape index (κ1) is 12.4. The summed E-state index contributed by atoms with van der Waals surface area (Å²) in [5.74, 6) is 0.875. The minimum absolute atomic E-state index is 0.00417. The van der Waals surface area contributed by atoms with Crippen molar-refractivity contribution >= 4 is 0 Å². The summed E-state index contributed by atoms with van der Waals surface area (Å²) in [6, 6.07) is 15.7. The fraction of sp³-hybridized carbons (Fsp3) is 0.294. The topological polar surface area (TPSA) is 26.0 Å². The zero-order valence-electron chi connectivity index (χ0n) is 11.0. The van der Waals surface area contributed by atoms with Crippen molar-refractivity contribution in [2.45, 2.75) is 25.3 Å². The Balaban J connectivity index is 1.76. The van der Waals surface area contributed by atoms with Gasteiger partial charge in [-0.3, -0.25) is 0 Å². The van der Waals surface area contributed by atoms with Gasteiger partial charge in [0, 0.05) is 6.04 Å². The predicted molar refractivity (Wildman–Crippen MR) is 75.4 cm³/mol. The zero-order valence-corrected chi connectivity index (χ0v) is 11.0. The fourth-order valence-electron chi connectivity index (χ4n) is 2.82. The Hall–Kier alpha value is -1.67. The molecule has 1 nitrogen and oxygen atoms in total. The number of hydrogen-bond acceptors (Lipinski definition) is 1. The van der Waals surface area contributed by atoms with Gasteiger partial charge in [-0.2, -0.15) is 0 Å². The molecule has 19 heavy (non-hydrogen) atoms. The van der Waals surface area contributed by atoms with E-state index in [9.17, 15) is 4.39 Å². The third kappa shape index (κ3) is 2.41. The van der Waals surface area contributed by atoms with Crippen molar-refractivity contribution < 1.29 is 4.39 Å². The number of halogens is 1.